The van der Waals surface area contributed by atoms with Crippen LogP contribution in [0.3, 0.4) is 0 Å². The van der Waals surface area contributed by atoms with Crippen LogP contribution in [0.1, 0.15) is 22.3 Å². The summed E-state index contributed by atoms with van der Waals surface area (Å²) < 4.78 is 16.0. The zero-order valence-electron chi connectivity index (χ0n) is 22.7. The van der Waals surface area contributed by atoms with Crippen LogP contribution in [-0.4, -0.2) is 63.2 Å². The molecule has 3 aromatic rings. The molecule has 0 aliphatic rings. The highest BCUT2D eigenvalue weighted by atomic mass is 16.6. The lowest BCUT2D eigenvalue weighted by atomic mass is 10.1. The first-order valence-electron chi connectivity index (χ1n) is 12.6. The van der Waals surface area contributed by atoms with Gasteiger partial charge >= 0.3 is 0 Å². The van der Waals surface area contributed by atoms with Crippen molar-refractivity contribution in [2.75, 3.05) is 52.4 Å². The number of anilines is 1. The number of amides is 1. The standard InChI is InChI=1S/C30H35N3O6/c1-5-18-31(21-17-23-7-14-27(37-2)15-8-23)19-6-20-32(26-13-16-28(38-3)29(22-26)39-4)30(34)24-9-11-25(12-10-24)33(35)36/h5,7-16,22H,1,6,17-21H2,2-4H3. The number of hydrogen-bond acceptors (Lipinski definition) is 7. The molecule has 0 spiro atoms. The third-order valence-electron chi connectivity index (χ3n) is 6.37. The number of ether oxygens (including phenoxy) is 3. The molecule has 9 nitrogen and oxygen atoms in total. The number of nitrogens with zero attached hydrogens (tertiary/aromatic N) is 3. The molecule has 0 N–H and O–H groups in total. The number of carbonyl (C=O) groups is 1. The Kier molecular flexibility index (Phi) is 10.9. The van der Waals surface area contributed by atoms with Gasteiger partial charge in [-0.2, -0.15) is 0 Å². The van der Waals surface area contributed by atoms with E-state index in [-0.39, 0.29) is 11.6 Å². The zero-order chi connectivity index (χ0) is 28.2. The monoisotopic (exact) mass is 533 g/mol. The summed E-state index contributed by atoms with van der Waals surface area (Å²) in [5.41, 5.74) is 2.15. The van der Waals surface area contributed by atoms with E-state index >= 15 is 0 Å². The minimum absolute atomic E-state index is 0.0684. The normalized spacial score (nSPS) is 10.7. The van der Waals surface area contributed by atoms with E-state index in [1.54, 1.807) is 44.4 Å². The Labute approximate surface area is 229 Å². The average molecular weight is 534 g/mol. The lowest BCUT2D eigenvalue weighted by molar-refractivity contribution is -0.384. The van der Waals surface area contributed by atoms with E-state index in [0.717, 1.165) is 31.8 Å². The summed E-state index contributed by atoms with van der Waals surface area (Å²) in [6.45, 7) is 6.64. The number of methoxy groups -OCH3 is 3. The predicted octanol–water partition coefficient (Wildman–Crippen LogP) is 5.39. The van der Waals surface area contributed by atoms with Gasteiger partial charge in [0, 0.05) is 55.6 Å². The topological polar surface area (TPSA) is 94.4 Å². The zero-order valence-corrected chi connectivity index (χ0v) is 22.7. The van der Waals surface area contributed by atoms with Crippen molar-refractivity contribution in [3.8, 4) is 17.2 Å². The molecule has 3 rings (SSSR count). The molecule has 0 saturated heterocycles. The first kappa shape index (κ1) is 29.2. The Morgan fingerprint density at radius 3 is 2.18 bits per heavy atom. The third kappa shape index (κ3) is 8.05. The highest BCUT2D eigenvalue weighted by Gasteiger charge is 2.21. The Balaban J connectivity index is 1.75. The predicted molar refractivity (Wildman–Crippen MR) is 152 cm³/mol. The number of benzene rings is 3. The molecular formula is C30H35N3O6. The molecule has 0 aromatic heterocycles. The molecule has 1 amide bonds. The molecule has 0 bridgehead atoms. The Bertz CT molecular complexity index is 1240. The Hall–Kier alpha value is -4.37. The van der Waals surface area contributed by atoms with Crippen molar-refractivity contribution in [1.82, 2.24) is 4.90 Å². The van der Waals surface area contributed by atoms with Gasteiger partial charge in [-0.3, -0.25) is 19.8 Å². The van der Waals surface area contributed by atoms with Crippen molar-refractivity contribution in [1.29, 1.82) is 0 Å². The fourth-order valence-electron chi connectivity index (χ4n) is 4.23. The van der Waals surface area contributed by atoms with Crippen LogP contribution in [-0.2, 0) is 6.42 Å². The number of hydrogen-bond donors (Lipinski definition) is 0. The summed E-state index contributed by atoms with van der Waals surface area (Å²) in [5.74, 6) is 1.63. The summed E-state index contributed by atoms with van der Waals surface area (Å²) >= 11 is 0. The molecule has 0 aliphatic carbocycles. The molecule has 9 heteroatoms. The molecular weight excluding hydrogens is 498 g/mol. The number of rotatable bonds is 15. The first-order chi connectivity index (χ1) is 18.9. The van der Waals surface area contributed by atoms with E-state index in [2.05, 4.69) is 23.6 Å². The molecule has 0 aliphatic heterocycles. The van der Waals surface area contributed by atoms with Gasteiger partial charge in [0.25, 0.3) is 11.6 Å². The molecule has 39 heavy (non-hydrogen) atoms. The van der Waals surface area contributed by atoms with Crippen LogP contribution in [0.2, 0.25) is 0 Å². The average Bonchev–Trinajstić information content (AvgIpc) is 2.97. The summed E-state index contributed by atoms with van der Waals surface area (Å²) in [5, 5.41) is 11.1. The van der Waals surface area contributed by atoms with Crippen LogP contribution in [0.5, 0.6) is 17.2 Å². The Morgan fingerprint density at radius 2 is 1.59 bits per heavy atom. The van der Waals surface area contributed by atoms with Crippen LogP contribution in [0.15, 0.2) is 79.4 Å². The highest BCUT2D eigenvalue weighted by molar-refractivity contribution is 6.06. The van der Waals surface area contributed by atoms with E-state index in [1.165, 1.54) is 29.8 Å². The smallest absolute Gasteiger partial charge is 0.269 e. The summed E-state index contributed by atoms with van der Waals surface area (Å²) in [6, 6.07) is 19.0. The van der Waals surface area contributed by atoms with Gasteiger partial charge < -0.3 is 19.1 Å². The molecule has 0 heterocycles. The fourth-order valence-corrected chi connectivity index (χ4v) is 4.23. The summed E-state index contributed by atoms with van der Waals surface area (Å²) in [6.07, 6.45) is 3.45. The fraction of sp³-hybridized carbons (Fsp3) is 0.300. The van der Waals surface area contributed by atoms with E-state index in [1.807, 2.05) is 18.2 Å². The number of carbonyl (C=O) groups excluding carboxylic acids is 1. The van der Waals surface area contributed by atoms with Gasteiger partial charge in [0.2, 0.25) is 0 Å². The number of nitro groups is 1. The molecule has 0 atom stereocenters. The summed E-state index contributed by atoms with van der Waals surface area (Å²) in [4.78, 5) is 28.1. The van der Waals surface area contributed by atoms with Crippen LogP contribution >= 0.6 is 0 Å². The second kappa shape index (κ2) is 14.5. The van der Waals surface area contributed by atoms with E-state index in [4.69, 9.17) is 14.2 Å². The van der Waals surface area contributed by atoms with Gasteiger partial charge in [-0.1, -0.05) is 18.2 Å². The van der Waals surface area contributed by atoms with Crippen molar-refractivity contribution in [3.63, 3.8) is 0 Å². The quantitative estimate of drug-likeness (QED) is 0.147. The minimum atomic E-state index is -0.486. The summed E-state index contributed by atoms with van der Waals surface area (Å²) in [7, 11) is 4.75. The number of non-ortho nitro benzene ring substituents is 1. The maximum atomic E-state index is 13.6. The Morgan fingerprint density at radius 1 is 0.897 bits per heavy atom. The van der Waals surface area contributed by atoms with Crippen LogP contribution in [0.25, 0.3) is 0 Å². The third-order valence-corrected chi connectivity index (χ3v) is 6.37. The second-order valence-electron chi connectivity index (χ2n) is 8.84. The number of nitro benzene ring substituents is 1. The van der Waals surface area contributed by atoms with Crippen LogP contribution < -0.4 is 19.1 Å². The lowest BCUT2D eigenvalue weighted by Crippen LogP contribution is -2.35. The highest BCUT2D eigenvalue weighted by Crippen LogP contribution is 2.32. The van der Waals surface area contributed by atoms with Gasteiger partial charge in [0.1, 0.15) is 5.75 Å². The van der Waals surface area contributed by atoms with E-state index in [0.29, 0.717) is 35.7 Å². The van der Waals surface area contributed by atoms with Crippen molar-refractivity contribution >= 4 is 17.3 Å². The van der Waals surface area contributed by atoms with Gasteiger partial charge in [0.05, 0.1) is 26.3 Å². The maximum absolute atomic E-state index is 13.6. The van der Waals surface area contributed by atoms with Crippen LogP contribution in [0.4, 0.5) is 11.4 Å². The molecule has 0 radical (unpaired) electrons. The molecule has 206 valence electrons. The van der Waals surface area contributed by atoms with Gasteiger partial charge in [-0.15, -0.1) is 6.58 Å². The van der Waals surface area contributed by atoms with Crippen molar-refractivity contribution < 1.29 is 23.9 Å². The van der Waals surface area contributed by atoms with Gasteiger partial charge in [-0.05, 0) is 54.8 Å². The van der Waals surface area contributed by atoms with Crippen LogP contribution in [0, 0.1) is 10.1 Å². The first-order valence-corrected chi connectivity index (χ1v) is 12.6. The lowest BCUT2D eigenvalue weighted by Gasteiger charge is -2.26. The van der Waals surface area contributed by atoms with Crippen molar-refractivity contribution in [3.05, 3.63) is 101 Å². The van der Waals surface area contributed by atoms with Gasteiger partial charge in [0.15, 0.2) is 11.5 Å². The largest absolute Gasteiger partial charge is 0.497 e. The molecule has 0 saturated carbocycles. The van der Waals surface area contributed by atoms with Crippen molar-refractivity contribution in [2.45, 2.75) is 12.8 Å². The molecule has 0 unspecified atom stereocenters. The molecule has 3 aromatic carbocycles. The van der Waals surface area contributed by atoms with Crippen molar-refractivity contribution in [2.24, 2.45) is 0 Å². The maximum Gasteiger partial charge on any atom is 0.269 e. The van der Waals surface area contributed by atoms with E-state index < -0.39 is 4.92 Å². The SMILES string of the molecule is C=CCN(CCCN(C(=O)c1ccc([N+](=O)[O-])cc1)c1ccc(OC)c(OC)c1)CCc1ccc(OC)cc1. The van der Waals surface area contributed by atoms with Gasteiger partial charge in [-0.25, -0.2) is 0 Å². The second-order valence-corrected chi connectivity index (χ2v) is 8.84. The van der Waals surface area contributed by atoms with E-state index in [9.17, 15) is 14.9 Å². The minimum Gasteiger partial charge on any atom is -0.497 e. The molecule has 0 fully saturated rings.